The molecule has 14 unspecified atom stereocenters. The Morgan fingerprint density at radius 3 is 2.19 bits per heavy atom. The average Bonchev–Trinajstić information content (AvgIpc) is 3.97. The molecule has 1 aromatic carbocycles. The second kappa shape index (κ2) is 25.6. The van der Waals surface area contributed by atoms with Crippen LogP contribution in [0.3, 0.4) is 0 Å². The lowest BCUT2D eigenvalue weighted by atomic mass is 9.89. The van der Waals surface area contributed by atoms with Gasteiger partial charge < -0.3 is 47.7 Å². The Kier molecular flexibility index (Phi) is 21.7. The summed E-state index contributed by atoms with van der Waals surface area (Å²) in [5.41, 5.74) is -0.240. The number of epoxide rings is 1. The number of carbonyl (C=O) groups is 2. The van der Waals surface area contributed by atoms with Gasteiger partial charge in [-0.15, -0.1) is 0 Å². The minimum Gasteiger partial charge on any atom is -0.486 e. The van der Waals surface area contributed by atoms with Gasteiger partial charge in [0.15, 0.2) is 24.8 Å². The molecule has 2 aliphatic rings. The van der Waals surface area contributed by atoms with E-state index in [4.69, 9.17) is 42.6 Å². The lowest BCUT2D eigenvalue weighted by Gasteiger charge is -2.32. The molecule has 0 aromatic heterocycles. The molecule has 15 nitrogen and oxygen atoms in total. The number of nitrogens with zero attached hydrogens (tertiary/aromatic N) is 1. The van der Waals surface area contributed by atoms with Crippen molar-refractivity contribution < 1.29 is 62.3 Å². The van der Waals surface area contributed by atoms with Gasteiger partial charge in [0.05, 0.1) is 34.9 Å². The van der Waals surface area contributed by atoms with Crippen molar-refractivity contribution in [3.8, 4) is 5.75 Å². The number of hydrogen-bond acceptors (Lipinski definition) is 13. The number of nitro groups is 1. The lowest BCUT2D eigenvalue weighted by Crippen LogP contribution is -2.43. The number of carbonyl (C=O) groups excluding carboxylic acids is 1. The van der Waals surface area contributed by atoms with Crippen LogP contribution in [0.2, 0.25) is 0 Å². The van der Waals surface area contributed by atoms with E-state index in [2.05, 4.69) is 13.8 Å². The van der Waals surface area contributed by atoms with Crippen molar-refractivity contribution >= 4 is 17.6 Å². The highest BCUT2D eigenvalue weighted by molar-refractivity contribution is 5.94. The molecular formula is C47H73NO14. The van der Waals surface area contributed by atoms with Gasteiger partial charge in [0.25, 0.3) is 5.69 Å². The van der Waals surface area contributed by atoms with Crippen LogP contribution in [0.4, 0.5) is 5.69 Å². The summed E-state index contributed by atoms with van der Waals surface area (Å²) in [6.45, 7) is 24.3. The summed E-state index contributed by atoms with van der Waals surface area (Å²) in [6.07, 6.45) is 7.06. The Bertz CT molecular complexity index is 1630. The summed E-state index contributed by atoms with van der Waals surface area (Å²) in [4.78, 5) is 37.7. The first-order valence-electron chi connectivity index (χ1n) is 22.2. The highest BCUT2D eigenvalue weighted by Gasteiger charge is 2.49. The molecule has 2 heterocycles. The maximum Gasteiger partial charge on any atom is 0.323 e. The standard InChI is InChI=1S/C47H73NO14/c1-13-38(57-33(9)54-14-2)32(8)44-41(60-44)28-47(12,62-35(11)56-16-4)27-17-18-30(6)43-31(7)20-25-39(59-37-23-21-36(22-24-37)48(52)53)29(5)19-26-40(58-34(10)55-15-3)42(45(49)50)46(51)61-43/h17-18,20-25,27,29,31-35,38-44H,13-16,19,26,28H2,1-12H3,(H,49,50)/b25-20-,27-17+,30-18+. The number of carboxylic acid groups (broad SMARTS) is 1. The topological polar surface area (TPSA) is 184 Å². The van der Waals surface area contributed by atoms with E-state index in [1.807, 2.05) is 85.8 Å². The van der Waals surface area contributed by atoms with Crippen molar-refractivity contribution in [2.75, 3.05) is 19.8 Å². The van der Waals surface area contributed by atoms with Crippen molar-refractivity contribution in [1.82, 2.24) is 0 Å². The first-order chi connectivity index (χ1) is 29.4. The number of cyclic esters (lactones) is 1. The Morgan fingerprint density at radius 2 is 1.60 bits per heavy atom. The summed E-state index contributed by atoms with van der Waals surface area (Å²) in [6, 6.07) is 5.84. The second-order valence-corrected chi connectivity index (χ2v) is 16.5. The van der Waals surface area contributed by atoms with Crippen molar-refractivity contribution in [1.29, 1.82) is 0 Å². The molecule has 0 radical (unpaired) electrons. The maximum absolute atomic E-state index is 14.0. The van der Waals surface area contributed by atoms with Crippen molar-refractivity contribution in [2.24, 2.45) is 23.7 Å². The van der Waals surface area contributed by atoms with Crippen LogP contribution in [0, 0.1) is 33.8 Å². The zero-order valence-corrected chi connectivity index (χ0v) is 38.9. The Balaban J connectivity index is 1.98. The molecule has 350 valence electrons. The molecule has 15 heteroatoms. The van der Waals surface area contributed by atoms with Crippen LogP contribution in [0.25, 0.3) is 0 Å². The van der Waals surface area contributed by atoms with Crippen molar-refractivity contribution in [3.05, 3.63) is 70.3 Å². The van der Waals surface area contributed by atoms with E-state index in [1.54, 1.807) is 26.0 Å². The predicted molar refractivity (Wildman–Crippen MR) is 233 cm³/mol. The van der Waals surface area contributed by atoms with Crippen LogP contribution in [-0.4, -0.2) is 103 Å². The monoisotopic (exact) mass is 876 g/mol. The molecule has 0 aliphatic carbocycles. The maximum atomic E-state index is 14.0. The van der Waals surface area contributed by atoms with E-state index >= 15 is 0 Å². The third-order valence-corrected chi connectivity index (χ3v) is 11.4. The zero-order valence-electron chi connectivity index (χ0n) is 38.9. The van der Waals surface area contributed by atoms with Crippen LogP contribution in [0.1, 0.15) is 109 Å². The molecule has 0 bridgehead atoms. The van der Waals surface area contributed by atoms with Gasteiger partial charge in [-0.1, -0.05) is 52.0 Å². The molecule has 1 N–H and O–H groups in total. The molecule has 2 aliphatic heterocycles. The van der Waals surface area contributed by atoms with E-state index in [0.717, 1.165) is 6.42 Å². The largest absolute Gasteiger partial charge is 0.486 e. The quantitative estimate of drug-likeness (QED) is 0.0152. The number of rotatable bonds is 24. The highest BCUT2D eigenvalue weighted by Crippen LogP contribution is 2.40. The van der Waals surface area contributed by atoms with Crippen molar-refractivity contribution in [3.63, 3.8) is 0 Å². The lowest BCUT2D eigenvalue weighted by molar-refractivity contribution is -0.384. The number of ether oxygens (including phenoxy) is 9. The van der Waals surface area contributed by atoms with Gasteiger partial charge in [0.1, 0.15) is 18.0 Å². The normalized spacial score (nSPS) is 28.9. The Hall–Kier alpha value is -3.70. The van der Waals surface area contributed by atoms with Gasteiger partial charge in [-0.05, 0) is 104 Å². The van der Waals surface area contributed by atoms with Crippen LogP contribution in [-0.2, 0) is 47.5 Å². The fourth-order valence-corrected chi connectivity index (χ4v) is 7.99. The van der Waals surface area contributed by atoms with E-state index in [1.165, 1.54) is 12.1 Å². The molecular weight excluding hydrogens is 803 g/mol. The zero-order chi connectivity index (χ0) is 46.1. The van der Waals surface area contributed by atoms with Gasteiger partial charge >= 0.3 is 11.9 Å². The molecule has 1 aromatic rings. The number of carboxylic acids is 1. The highest BCUT2D eigenvalue weighted by atomic mass is 16.7. The van der Waals surface area contributed by atoms with E-state index < -0.39 is 65.2 Å². The number of aliphatic carboxylic acids is 1. The molecule has 62 heavy (non-hydrogen) atoms. The molecule has 1 saturated heterocycles. The summed E-state index contributed by atoms with van der Waals surface area (Å²) >= 11 is 0. The Labute approximate surface area is 368 Å². The average molecular weight is 876 g/mol. The van der Waals surface area contributed by atoms with Gasteiger partial charge in [-0.25, -0.2) is 0 Å². The summed E-state index contributed by atoms with van der Waals surface area (Å²) in [5, 5.41) is 21.8. The molecule has 3 rings (SSSR count). The number of non-ortho nitro benzene ring substituents is 1. The van der Waals surface area contributed by atoms with Crippen LogP contribution in [0.5, 0.6) is 5.75 Å². The SMILES string of the molecule is CCOC(C)OC1CCC(C)C(Oc2ccc([N+](=O)[O-])cc2)/C=C\C(C)C(/C(C)=C/C=C/C(C)(CC2OC2C(C)C(CC)OC(C)OCC)OC(C)OCC)OC(=O)C1C(=O)O. The fourth-order valence-electron chi connectivity index (χ4n) is 7.99. The second-order valence-electron chi connectivity index (χ2n) is 16.5. The number of allylic oxidation sites excluding steroid dienone is 2. The number of hydrogen-bond donors (Lipinski definition) is 1. The molecule has 1 fully saturated rings. The van der Waals surface area contributed by atoms with Gasteiger partial charge in [-0.2, -0.15) is 0 Å². The van der Waals surface area contributed by atoms with Gasteiger partial charge in [0.2, 0.25) is 0 Å². The van der Waals surface area contributed by atoms with Crippen LogP contribution >= 0.6 is 0 Å². The fraction of sp³-hybridized carbons (Fsp3) is 0.702. The summed E-state index contributed by atoms with van der Waals surface area (Å²) < 4.78 is 54.6. The van der Waals surface area contributed by atoms with Gasteiger partial charge in [-0.3, -0.25) is 19.7 Å². The van der Waals surface area contributed by atoms with E-state index in [0.29, 0.717) is 44.0 Å². The van der Waals surface area contributed by atoms with Gasteiger partial charge in [0, 0.05) is 50.2 Å². The summed E-state index contributed by atoms with van der Waals surface area (Å²) in [5.74, 6) is -4.04. The van der Waals surface area contributed by atoms with Crippen molar-refractivity contribution in [2.45, 2.75) is 170 Å². The first kappa shape index (κ1) is 52.6. The first-order valence-corrected chi connectivity index (χ1v) is 22.2. The minimum atomic E-state index is -1.65. The third kappa shape index (κ3) is 16.5. The molecule has 0 saturated carbocycles. The van der Waals surface area contributed by atoms with E-state index in [-0.39, 0.29) is 48.5 Å². The number of nitro benzene ring substituents is 1. The minimum absolute atomic E-state index is 0.0320. The smallest absolute Gasteiger partial charge is 0.323 e. The molecule has 14 atom stereocenters. The van der Waals surface area contributed by atoms with Crippen LogP contribution in [0.15, 0.2) is 60.2 Å². The third-order valence-electron chi connectivity index (χ3n) is 11.4. The Morgan fingerprint density at radius 1 is 0.968 bits per heavy atom. The van der Waals surface area contributed by atoms with Crippen LogP contribution < -0.4 is 4.74 Å². The number of esters is 1. The molecule has 0 amide bonds. The predicted octanol–water partition coefficient (Wildman–Crippen LogP) is 8.98. The van der Waals surface area contributed by atoms with E-state index in [9.17, 15) is 24.8 Å². The molecule has 0 spiro atoms. The summed E-state index contributed by atoms with van der Waals surface area (Å²) in [7, 11) is 0. The number of benzene rings is 1.